The third-order valence-electron chi connectivity index (χ3n) is 5.32. The number of halogens is 9. The van der Waals surface area contributed by atoms with Gasteiger partial charge in [-0.15, -0.1) is 0 Å². The van der Waals surface area contributed by atoms with E-state index in [0.717, 1.165) is 18.3 Å². The number of hydrogen-bond acceptors (Lipinski definition) is 4. The van der Waals surface area contributed by atoms with Crippen molar-refractivity contribution in [2.45, 2.75) is 36.8 Å². The summed E-state index contributed by atoms with van der Waals surface area (Å²) in [6.07, 6.45) is -16.2. The highest BCUT2D eigenvalue weighted by Gasteiger charge is 2.45. The van der Waals surface area contributed by atoms with E-state index in [0.29, 0.717) is 11.6 Å². The Labute approximate surface area is 210 Å². The Kier molecular flexibility index (Phi) is 8.66. The molecule has 0 amide bonds. The molecule has 0 aliphatic carbocycles. The summed E-state index contributed by atoms with van der Waals surface area (Å²) in [5.41, 5.74) is -1.75. The third-order valence-corrected chi connectivity index (χ3v) is 5.55. The average molecular weight is 555 g/mol. The highest BCUT2D eigenvalue weighted by atomic mass is 35.5. The molecule has 37 heavy (non-hydrogen) atoms. The van der Waals surface area contributed by atoms with Crippen LogP contribution < -0.4 is 10.1 Å². The van der Waals surface area contributed by atoms with Gasteiger partial charge < -0.3 is 9.84 Å². The van der Waals surface area contributed by atoms with Gasteiger partial charge in [0.15, 0.2) is 6.10 Å². The lowest BCUT2D eigenvalue weighted by Gasteiger charge is -2.37. The van der Waals surface area contributed by atoms with E-state index in [9.17, 15) is 40.2 Å². The number of alkyl halides is 7. The molecule has 0 aliphatic heterocycles. The molecule has 3 aromatic rings. The van der Waals surface area contributed by atoms with Gasteiger partial charge in [-0.1, -0.05) is 41.9 Å². The number of aliphatic hydroxyl groups is 1. The molecule has 2 atom stereocenters. The van der Waals surface area contributed by atoms with Crippen molar-refractivity contribution in [3.05, 3.63) is 94.5 Å². The van der Waals surface area contributed by atoms with E-state index >= 15 is 0 Å². The second-order valence-electron chi connectivity index (χ2n) is 8.01. The largest absolute Gasteiger partial charge is 0.461 e. The van der Waals surface area contributed by atoms with Gasteiger partial charge >= 0.3 is 18.7 Å². The molecule has 0 saturated heterocycles. The van der Waals surface area contributed by atoms with Crippen LogP contribution in [0, 0.1) is 5.82 Å². The molecule has 200 valence electrons. The van der Waals surface area contributed by atoms with E-state index < -0.39 is 48.5 Å². The lowest BCUT2D eigenvalue weighted by Crippen LogP contribution is -2.51. The van der Waals surface area contributed by atoms with Gasteiger partial charge in [0.1, 0.15) is 11.6 Å². The van der Waals surface area contributed by atoms with Crippen molar-refractivity contribution in [3.8, 4) is 5.75 Å². The normalized spacial score (nSPS) is 14.9. The Balaban J connectivity index is 2.23. The Morgan fingerprint density at radius 3 is 2.22 bits per heavy atom. The molecule has 4 nitrogen and oxygen atoms in total. The fourth-order valence-corrected chi connectivity index (χ4v) is 3.69. The van der Waals surface area contributed by atoms with E-state index in [4.69, 9.17) is 11.6 Å². The van der Waals surface area contributed by atoms with Gasteiger partial charge in [-0.25, -0.2) is 4.39 Å². The minimum atomic E-state index is -5.03. The quantitative estimate of drug-likeness (QED) is 0.297. The standard InChI is InChI=1S/C24H19ClF8N2O2/c25-16-6-7-19(34-12-16)22(11-14-4-2-1-3-5-14,35-13-20(36)23(29,30)31)15-8-17(26)10-18(9-15)37-24(32,33)21(27)28/h1-10,12,20-21,35-36H,11,13H2/t20-,22-/m0/s1. The Bertz CT molecular complexity index is 1180. The zero-order valence-corrected chi connectivity index (χ0v) is 19.4. The number of benzene rings is 2. The first-order valence-electron chi connectivity index (χ1n) is 10.5. The van der Waals surface area contributed by atoms with Gasteiger partial charge in [0.05, 0.1) is 16.3 Å². The number of hydrogen-bond donors (Lipinski definition) is 2. The van der Waals surface area contributed by atoms with E-state index in [1.54, 1.807) is 30.3 Å². The summed E-state index contributed by atoms with van der Waals surface area (Å²) in [6, 6.07) is 12.7. The number of aromatic nitrogens is 1. The van der Waals surface area contributed by atoms with Crippen LogP contribution in [0.3, 0.4) is 0 Å². The van der Waals surface area contributed by atoms with Crippen LogP contribution in [-0.2, 0) is 12.0 Å². The number of aliphatic hydroxyl groups excluding tert-OH is 1. The molecule has 0 aliphatic rings. The minimum absolute atomic E-state index is 0.0349. The summed E-state index contributed by atoms with van der Waals surface area (Å²) in [4.78, 5) is 4.14. The van der Waals surface area contributed by atoms with Crippen molar-refractivity contribution >= 4 is 11.6 Å². The van der Waals surface area contributed by atoms with Crippen LogP contribution >= 0.6 is 11.6 Å². The number of nitrogens with one attached hydrogen (secondary N) is 1. The first-order valence-corrected chi connectivity index (χ1v) is 10.9. The molecule has 13 heteroatoms. The van der Waals surface area contributed by atoms with Crippen LogP contribution in [-0.4, -0.2) is 41.4 Å². The molecule has 1 aromatic heterocycles. The molecule has 0 saturated carbocycles. The van der Waals surface area contributed by atoms with Gasteiger partial charge in [-0.3, -0.25) is 10.3 Å². The van der Waals surface area contributed by atoms with Crippen LogP contribution in [0.25, 0.3) is 0 Å². The molecule has 1 heterocycles. The molecule has 3 rings (SSSR count). The maximum atomic E-state index is 14.6. The fraction of sp³-hybridized carbons (Fsp3) is 0.292. The fourth-order valence-electron chi connectivity index (χ4n) is 3.58. The zero-order chi connectivity index (χ0) is 27.4. The summed E-state index contributed by atoms with van der Waals surface area (Å²) in [7, 11) is 0. The van der Waals surface area contributed by atoms with Crippen LogP contribution in [0.15, 0.2) is 66.9 Å². The third kappa shape index (κ3) is 7.08. The minimum Gasteiger partial charge on any atom is -0.428 e. The molecule has 2 N–H and O–H groups in total. The lowest BCUT2D eigenvalue weighted by atomic mass is 9.80. The van der Waals surface area contributed by atoms with Crippen molar-refractivity contribution in [1.29, 1.82) is 0 Å². The van der Waals surface area contributed by atoms with Gasteiger partial charge in [-0.2, -0.15) is 30.7 Å². The van der Waals surface area contributed by atoms with Crippen molar-refractivity contribution in [3.63, 3.8) is 0 Å². The predicted octanol–water partition coefficient (Wildman–Crippen LogP) is 6.11. The van der Waals surface area contributed by atoms with Crippen LogP contribution in [0.1, 0.15) is 16.8 Å². The number of nitrogens with zero attached hydrogens (tertiary/aromatic N) is 1. The van der Waals surface area contributed by atoms with E-state index in [1.165, 1.54) is 12.1 Å². The molecule has 0 radical (unpaired) electrons. The van der Waals surface area contributed by atoms with E-state index in [2.05, 4.69) is 15.0 Å². The van der Waals surface area contributed by atoms with E-state index in [-0.39, 0.29) is 22.7 Å². The first kappa shape index (κ1) is 28.6. The summed E-state index contributed by atoms with van der Waals surface area (Å²) >= 11 is 5.90. The summed E-state index contributed by atoms with van der Waals surface area (Å²) in [6.45, 7) is -1.12. The second-order valence-corrected chi connectivity index (χ2v) is 8.44. The molecule has 2 aromatic carbocycles. The molecular formula is C24H19ClF8N2O2. The number of pyridine rings is 1. The highest BCUT2D eigenvalue weighted by molar-refractivity contribution is 6.30. The Morgan fingerprint density at radius 1 is 0.973 bits per heavy atom. The topological polar surface area (TPSA) is 54.4 Å². The average Bonchev–Trinajstić information content (AvgIpc) is 2.81. The number of rotatable bonds is 10. The van der Waals surface area contributed by atoms with Crippen molar-refractivity contribution in [1.82, 2.24) is 10.3 Å². The van der Waals surface area contributed by atoms with Gasteiger partial charge in [0, 0.05) is 25.2 Å². The Morgan fingerprint density at radius 2 is 1.65 bits per heavy atom. The summed E-state index contributed by atoms with van der Waals surface area (Å²) < 4.78 is 111. The van der Waals surface area contributed by atoms with Gasteiger partial charge in [-0.05, 0) is 35.4 Å². The molecule has 0 spiro atoms. The second kappa shape index (κ2) is 11.2. The van der Waals surface area contributed by atoms with Crippen molar-refractivity contribution in [2.75, 3.05) is 6.54 Å². The predicted molar refractivity (Wildman–Crippen MR) is 118 cm³/mol. The number of ether oxygens (including phenoxy) is 1. The van der Waals surface area contributed by atoms with Gasteiger partial charge in [0.25, 0.3) is 0 Å². The van der Waals surface area contributed by atoms with E-state index in [1.807, 2.05) is 0 Å². The Hall–Kier alpha value is -2.96. The summed E-state index contributed by atoms with van der Waals surface area (Å²) in [5, 5.41) is 12.4. The SMILES string of the molecule is O[C@@H](CN[C@@](Cc1ccccc1)(c1cc(F)cc(OC(F)(F)C(F)F)c1)c1ccc(Cl)cn1)C(F)(F)F. The zero-order valence-electron chi connectivity index (χ0n) is 18.6. The molecular weight excluding hydrogens is 536 g/mol. The molecule has 0 fully saturated rings. The highest BCUT2D eigenvalue weighted by Crippen LogP contribution is 2.37. The van der Waals surface area contributed by atoms with Crippen LogP contribution in [0.4, 0.5) is 35.1 Å². The van der Waals surface area contributed by atoms with Crippen LogP contribution in [0.2, 0.25) is 5.02 Å². The van der Waals surface area contributed by atoms with Gasteiger partial charge in [0.2, 0.25) is 0 Å². The van der Waals surface area contributed by atoms with Crippen LogP contribution in [0.5, 0.6) is 5.75 Å². The lowest BCUT2D eigenvalue weighted by molar-refractivity contribution is -0.253. The summed E-state index contributed by atoms with van der Waals surface area (Å²) in [5.74, 6) is -2.22. The van der Waals surface area contributed by atoms with Crippen molar-refractivity contribution in [2.24, 2.45) is 0 Å². The smallest absolute Gasteiger partial charge is 0.428 e. The first-order chi connectivity index (χ1) is 17.2. The maximum absolute atomic E-state index is 14.6. The van der Waals surface area contributed by atoms with Crippen molar-refractivity contribution < 1.29 is 45.0 Å². The molecule has 0 bridgehead atoms. The monoisotopic (exact) mass is 554 g/mol. The molecule has 0 unspecified atom stereocenters. The maximum Gasteiger partial charge on any atom is 0.461 e.